The SMILES string of the molecule is C=CCOC(=O)c1ccc2nc(-c3ccccc3F)[nH]c2c1. The lowest BCUT2D eigenvalue weighted by Crippen LogP contribution is -2.04. The van der Waals surface area contributed by atoms with Crippen LogP contribution in [0.3, 0.4) is 0 Å². The number of carbonyl (C=O) groups is 1. The molecule has 0 radical (unpaired) electrons. The van der Waals surface area contributed by atoms with Crippen LogP contribution in [0.4, 0.5) is 4.39 Å². The van der Waals surface area contributed by atoms with Crippen LogP contribution in [-0.2, 0) is 4.74 Å². The summed E-state index contributed by atoms with van der Waals surface area (Å²) in [6.07, 6.45) is 1.50. The summed E-state index contributed by atoms with van der Waals surface area (Å²) in [6, 6.07) is 11.3. The quantitative estimate of drug-likeness (QED) is 0.590. The minimum Gasteiger partial charge on any atom is -0.458 e. The molecule has 3 aromatic rings. The first-order valence-corrected chi connectivity index (χ1v) is 6.71. The molecule has 2 aromatic carbocycles. The molecule has 0 spiro atoms. The Morgan fingerprint density at radius 1 is 1.32 bits per heavy atom. The normalized spacial score (nSPS) is 10.6. The summed E-state index contributed by atoms with van der Waals surface area (Å²) >= 11 is 0. The van der Waals surface area contributed by atoms with Crippen LogP contribution in [0, 0.1) is 5.82 Å². The number of esters is 1. The van der Waals surface area contributed by atoms with Crippen molar-refractivity contribution in [1.29, 1.82) is 0 Å². The van der Waals surface area contributed by atoms with Crippen LogP contribution in [0.2, 0.25) is 0 Å². The van der Waals surface area contributed by atoms with Crippen LogP contribution >= 0.6 is 0 Å². The molecule has 0 unspecified atom stereocenters. The van der Waals surface area contributed by atoms with Gasteiger partial charge in [-0.15, -0.1) is 0 Å². The van der Waals surface area contributed by atoms with E-state index in [1.54, 1.807) is 36.4 Å². The Hall–Kier alpha value is -2.95. The van der Waals surface area contributed by atoms with E-state index < -0.39 is 5.97 Å². The lowest BCUT2D eigenvalue weighted by atomic mass is 10.2. The Labute approximate surface area is 126 Å². The van der Waals surface area contributed by atoms with Gasteiger partial charge in [0.05, 0.1) is 22.2 Å². The molecule has 22 heavy (non-hydrogen) atoms. The van der Waals surface area contributed by atoms with E-state index in [2.05, 4.69) is 16.5 Å². The van der Waals surface area contributed by atoms with E-state index >= 15 is 0 Å². The van der Waals surface area contributed by atoms with Crippen molar-refractivity contribution in [1.82, 2.24) is 9.97 Å². The van der Waals surface area contributed by atoms with Crippen molar-refractivity contribution < 1.29 is 13.9 Å². The largest absolute Gasteiger partial charge is 0.458 e. The summed E-state index contributed by atoms with van der Waals surface area (Å²) in [4.78, 5) is 19.2. The number of hydrogen-bond acceptors (Lipinski definition) is 3. The average molecular weight is 296 g/mol. The Morgan fingerprint density at radius 3 is 2.91 bits per heavy atom. The van der Waals surface area contributed by atoms with Crippen LogP contribution in [0.1, 0.15) is 10.4 Å². The zero-order valence-electron chi connectivity index (χ0n) is 11.7. The maximum atomic E-state index is 13.8. The Morgan fingerprint density at radius 2 is 2.14 bits per heavy atom. The number of H-pyrrole nitrogens is 1. The van der Waals surface area contributed by atoms with E-state index in [0.717, 1.165) is 0 Å². The van der Waals surface area contributed by atoms with Crippen LogP contribution in [0.15, 0.2) is 55.1 Å². The summed E-state index contributed by atoms with van der Waals surface area (Å²) in [6.45, 7) is 3.65. The summed E-state index contributed by atoms with van der Waals surface area (Å²) in [5, 5.41) is 0. The molecule has 5 heteroatoms. The minimum absolute atomic E-state index is 0.153. The van der Waals surface area contributed by atoms with Crippen LogP contribution in [-0.4, -0.2) is 22.5 Å². The molecule has 0 amide bonds. The van der Waals surface area contributed by atoms with Crippen LogP contribution < -0.4 is 0 Å². The molecule has 1 aromatic heterocycles. The van der Waals surface area contributed by atoms with E-state index in [0.29, 0.717) is 28.0 Å². The second-order valence-electron chi connectivity index (χ2n) is 4.68. The number of benzene rings is 2. The molecule has 0 aliphatic heterocycles. The first-order valence-electron chi connectivity index (χ1n) is 6.71. The maximum Gasteiger partial charge on any atom is 0.338 e. The van der Waals surface area contributed by atoms with Crippen LogP contribution in [0.5, 0.6) is 0 Å². The second-order valence-corrected chi connectivity index (χ2v) is 4.68. The van der Waals surface area contributed by atoms with Crippen LogP contribution in [0.25, 0.3) is 22.4 Å². The Balaban J connectivity index is 1.99. The number of hydrogen-bond donors (Lipinski definition) is 1. The molecule has 1 heterocycles. The fraction of sp³-hybridized carbons (Fsp3) is 0.0588. The molecule has 0 saturated carbocycles. The van der Waals surface area contributed by atoms with Gasteiger partial charge in [0.1, 0.15) is 18.2 Å². The van der Waals surface area contributed by atoms with Gasteiger partial charge in [-0.05, 0) is 30.3 Å². The third kappa shape index (κ3) is 2.61. The lowest BCUT2D eigenvalue weighted by molar-refractivity contribution is 0.0550. The number of carbonyl (C=O) groups excluding carboxylic acids is 1. The fourth-order valence-corrected chi connectivity index (χ4v) is 2.14. The van der Waals surface area contributed by atoms with E-state index in [1.165, 1.54) is 12.1 Å². The number of ether oxygens (including phenoxy) is 1. The van der Waals surface area contributed by atoms with E-state index in [1.807, 2.05) is 0 Å². The van der Waals surface area contributed by atoms with Gasteiger partial charge in [-0.25, -0.2) is 14.2 Å². The standard InChI is InChI=1S/C17H13FN2O2/c1-2-9-22-17(21)11-7-8-14-15(10-11)20-16(19-14)12-5-3-4-6-13(12)18/h2-8,10H,1,9H2,(H,19,20). The molecule has 0 aliphatic carbocycles. The van der Waals surface area contributed by atoms with Gasteiger partial charge in [0.15, 0.2) is 0 Å². The average Bonchev–Trinajstić information content (AvgIpc) is 2.95. The third-order valence-electron chi connectivity index (χ3n) is 3.18. The van der Waals surface area contributed by atoms with Gasteiger partial charge in [-0.2, -0.15) is 0 Å². The number of aromatic nitrogens is 2. The van der Waals surface area contributed by atoms with Crippen molar-refractivity contribution in [2.24, 2.45) is 0 Å². The Bertz CT molecular complexity index is 855. The second kappa shape index (κ2) is 5.81. The number of fused-ring (bicyclic) bond motifs is 1. The first kappa shape index (κ1) is 14.0. The monoisotopic (exact) mass is 296 g/mol. The van der Waals surface area contributed by atoms with E-state index in [4.69, 9.17) is 4.74 Å². The molecular formula is C17H13FN2O2. The highest BCUT2D eigenvalue weighted by Crippen LogP contribution is 2.23. The van der Waals surface area contributed by atoms with Crippen molar-refractivity contribution >= 4 is 17.0 Å². The van der Waals surface area contributed by atoms with Gasteiger partial charge in [0.25, 0.3) is 0 Å². The maximum absolute atomic E-state index is 13.8. The summed E-state index contributed by atoms with van der Waals surface area (Å²) in [5.74, 6) is -0.374. The van der Waals surface area contributed by atoms with E-state index in [9.17, 15) is 9.18 Å². The van der Waals surface area contributed by atoms with Crippen molar-refractivity contribution in [2.45, 2.75) is 0 Å². The zero-order chi connectivity index (χ0) is 15.5. The number of nitrogens with zero attached hydrogens (tertiary/aromatic N) is 1. The molecule has 0 fully saturated rings. The van der Waals surface area contributed by atoms with Crippen molar-refractivity contribution in [3.8, 4) is 11.4 Å². The Kier molecular flexibility index (Phi) is 3.70. The number of rotatable bonds is 4. The van der Waals surface area contributed by atoms with E-state index in [-0.39, 0.29) is 12.4 Å². The number of imidazole rings is 1. The predicted octanol–water partition coefficient (Wildman–Crippen LogP) is 3.71. The number of aromatic amines is 1. The van der Waals surface area contributed by atoms with Gasteiger partial charge >= 0.3 is 5.97 Å². The molecule has 110 valence electrons. The van der Waals surface area contributed by atoms with Crippen molar-refractivity contribution in [3.05, 3.63) is 66.5 Å². The van der Waals surface area contributed by atoms with Gasteiger partial charge in [-0.1, -0.05) is 24.8 Å². The summed E-state index contributed by atoms with van der Waals surface area (Å²) < 4.78 is 18.8. The predicted molar refractivity (Wildman–Crippen MR) is 82.0 cm³/mol. The van der Waals surface area contributed by atoms with Gasteiger partial charge in [-0.3, -0.25) is 0 Å². The molecule has 4 nitrogen and oxygen atoms in total. The highest BCUT2D eigenvalue weighted by Gasteiger charge is 2.12. The fourth-order valence-electron chi connectivity index (χ4n) is 2.14. The van der Waals surface area contributed by atoms with Crippen molar-refractivity contribution in [2.75, 3.05) is 6.61 Å². The molecule has 0 atom stereocenters. The van der Waals surface area contributed by atoms with Gasteiger partial charge in [0.2, 0.25) is 0 Å². The molecule has 1 N–H and O–H groups in total. The number of halogens is 1. The highest BCUT2D eigenvalue weighted by atomic mass is 19.1. The first-order chi connectivity index (χ1) is 10.7. The molecular weight excluding hydrogens is 283 g/mol. The molecule has 0 saturated heterocycles. The molecule has 3 rings (SSSR count). The summed E-state index contributed by atoms with van der Waals surface area (Å²) in [5.41, 5.74) is 2.08. The summed E-state index contributed by atoms with van der Waals surface area (Å²) in [7, 11) is 0. The smallest absolute Gasteiger partial charge is 0.338 e. The number of nitrogens with one attached hydrogen (secondary N) is 1. The topological polar surface area (TPSA) is 55.0 Å². The lowest BCUT2D eigenvalue weighted by Gasteiger charge is -2.01. The minimum atomic E-state index is -0.441. The molecule has 0 bridgehead atoms. The van der Waals surface area contributed by atoms with Gasteiger partial charge in [0, 0.05) is 0 Å². The zero-order valence-corrected chi connectivity index (χ0v) is 11.7. The van der Waals surface area contributed by atoms with Crippen molar-refractivity contribution in [3.63, 3.8) is 0 Å². The highest BCUT2D eigenvalue weighted by molar-refractivity contribution is 5.94. The van der Waals surface area contributed by atoms with Gasteiger partial charge < -0.3 is 9.72 Å². The molecule has 0 aliphatic rings. The third-order valence-corrected chi connectivity index (χ3v) is 3.18.